The number of amides is 1. The lowest BCUT2D eigenvalue weighted by Crippen LogP contribution is -2.45. The van der Waals surface area contributed by atoms with Gasteiger partial charge in [0.1, 0.15) is 0 Å². The molecular weight excluding hydrogens is 647 g/mol. The zero-order valence-corrected chi connectivity index (χ0v) is 35.1. The molecule has 6 heteroatoms. The van der Waals surface area contributed by atoms with Gasteiger partial charge in [0.25, 0.3) is 0 Å². The van der Waals surface area contributed by atoms with Crippen molar-refractivity contribution in [2.75, 3.05) is 13.2 Å². The summed E-state index contributed by atoms with van der Waals surface area (Å²) in [7, 11) is 0. The van der Waals surface area contributed by atoms with Crippen LogP contribution in [0.15, 0.2) is 0 Å². The number of carbonyl (C=O) groups excluding carboxylic acids is 2. The van der Waals surface area contributed by atoms with Crippen LogP contribution in [0.3, 0.4) is 0 Å². The lowest BCUT2D eigenvalue weighted by molar-refractivity contribution is -0.143. The van der Waals surface area contributed by atoms with Gasteiger partial charge in [0.15, 0.2) is 0 Å². The van der Waals surface area contributed by atoms with E-state index in [0.29, 0.717) is 25.9 Å². The molecule has 0 radical (unpaired) electrons. The van der Waals surface area contributed by atoms with Crippen molar-refractivity contribution in [3.63, 3.8) is 0 Å². The van der Waals surface area contributed by atoms with Gasteiger partial charge in [-0.05, 0) is 25.7 Å². The van der Waals surface area contributed by atoms with Crippen LogP contribution in [0.2, 0.25) is 0 Å². The third-order valence-electron chi connectivity index (χ3n) is 10.9. The number of carbonyl (C=O) groups is 2. The molecule has 0 aromatic heterocycles. The minimum Gasteiger partial charge on any atom is -0.466 e. The lowest BCUT2D eigenvalue weighted by atomic mass is 10.0. The number of ether oxygens (including phenoxy) is 1. The minimum absolute atomic E-state index is 0.00784. The third-order valence-corrected chi connectivity index (χ3v) is 10.9. The second kappa shape index (κ2) is 42.6. The molecule has 0 heterocycles. The number of unbranched alkanes of at least 4 members (excludes halogenated alkanes) is 32. The Morgan fingerprint density at radius 1 is 0.462 bits per heavy atom. The molecule has 0 fully saturated rings. The maximum atomic E-state index is 12.4. The van der Waals surface area contributed by atoms with Crippen LogP contribution in [-0.2, 0) is 14.3 Å². The zero-order chi connectivity index (χ0) is 38.0. The Morgan fingerprint density at radius 2 is 0.788 bits per heavy atom. The molecule has 2 atom stereocenters. The van der Waals surface area contributed by atoms with Gasteiger partial charge in [-0.15, -0.1) is 0 Å². The molecule has 0 saturated carbocycles. The van der Waals surface area contributed by atoms with Gasteiger partial charge in [0.05, 0.1) is 25.4 Å². The Morgan fingerprint density at radius 3 is 1.17 bits per heavy atom. The van der Waals surface area contributed by atoms with Gasteiger partial charge in [-0.3, -0.25) is 9.59 Å². The van der Waals surface area contributed by atoms with Crippen molar-refractivity contribution in [1.82, 2.24) is 5.32 Å². The average molecular weight is 738 g/mol. The van der Waals surface area contributed by atoms with Crippen LogP contribution in [0.4, 0.5) is 0 Å². The third kappa shape index (κ3) is 38.6. The Labute approximate surface area is 324 Å². The Balaban J connectivity index is 3.43. The molecule has 52 heavy (non-hydrogen) atoms. The van der Waals surface area contributed by atoms with Crippen LogP contribution in [0.25, 0.3) is 0 Å². The SMILES string of the molecule is CCCCCCCCCCCCCCCC(=O)OCCCCCCCCCCCCCCC(=O)NC(CO)C(O)CCCCCCCCCCCC. The molecule has 0 aromatic rings. The normalized spacial score (nSPS) is 12.6. The van der Waals surface area contributed by atoms with E-state index in [0.717, 1.165) is 57.8 Å². The highest BCUT2D eigenvalue weighted by Crippen LogP contribution is 2.16. The van der Waals surface area contributed by atoms with E-state index in [1.807, 2.05) is 0 Å². The van der Waals surface area contributed by atoms with Crippen molar-refractivity contribution in [1.29, 1.82) is 0 Å². The molecule has 2 unspecified atom stereocenters. The van der Waals surface area contributed by atoms with Gasteiger partial charge in [-0.2, -0.15) is 0 Å². The second-order valence-electron chi connectivity index (χ2n) is 16.1. The molecule has 0 saturated heterocycles. The van der Waals surface area contributed by atoms with Gasteiger partial charge in [-0.1, -0.05) is 219 Å². The topological polar surface area (TPSA) is 95.9 Å². The van der Waals surface area contributed by atoms with E-state index in [-0.39, 0.29) is 18.5 Å². The number of aliphatic hydroxyl groups is 2. The van der Waals surface area contributed by atoms with Crippen LogP contribution in [0.1, 0.15) is 258 Å². The molecule has 6 nitrogen and oxygen atoms in total. The molecular formula is C46H91NO5. The van der Waals surface area contributed by atoms with Crippen molar-refractivity contribution >= 4 is 11.9 Å². The lowest BCUT2D eigenvalue weighted by Gasteiger charge is -2.22. The summed E-state index contributed by atoms with van der Waals surface area (Å²) >= 11 is 0. The highest BCUT2D eigenvalue weighted by molar-refractivity contribution is 5.76. The van der Waals surface area contributed by atoms with Gasteiger partial charge in [-0.25, -0.2) is 0 Å². The minimum atomic E-state index is -0.670. The number of hydrogen-bond donors (Lipinski definition) is 3. The fourth-order valence-electron chi connectivity index (χ4n) is 7.29. The maximum Gasteiger partial charge on any atom is 0.305 e. The highest BCUT2D eigenvalue weighted by atomic mass is 16.5. The predicted molar refractivity (Wildman–Crippen MR) is 223 cm³/mol. The Kier molecular flexibility index (Phi) is 41.7. The summed E-state index contributed by atoms with van der Waals surface area (Å²) in [4.78, 5) is 24.4. The molecule has 0 rings (SSSR count). The van der Waals surface area contributed by atoms with Crippen molar-refractivity contribution in [3.8, 4) is 0 Å². The molecule has 1 amide bonds. The monoisotopic (exact) mass is 738 g/mol. The van der Waals surface area contributed by atoms with Crippen molar-refractivity contribution < 1.29 is 24.5 Å². The van der Waals surface area contributed by atoms with E-state index < -0.39 is 12.1 Å². The van der Waals surface area contributed by atoms with E-state index in [4.69, 9.17) is 4.74 Å². The van der Waals surface area contributed by atoms with Gasteiger partial charge >= 0.3 is 5.97 Å². The van der Waals surface area contributed by atoms with Crippen LogP contribution in [0.5, 0.6) is 0 Å². The first-order valence-corrected chi connectivity index (χ1v) is 23.3. The van der Waals surface area contributed by atoms with Crippen LogP contribution < -0.4 is 5.32 Å². The average Bonchev–Trinajstić information content (AvgIpc) is 3.14. The van der Waals surface area contributed by atoms with E-state index >= 15 is 0 Å². The second-order valence-corrected chi connectivity index (χ2v) is 16.1. The van der Waals surface area contributed by atoms with Crippen molar-refractivity contribution in [3.05, 3.63) is 0 Å². The van der Waals surface area contributed by atoms with Gasteiger partial charge in [0, 0.05) is 12.8 Å². The summed E-state index contributed by atoms with van der Waals surface area (Å²) in [6.45, 7) is 4.90. The van der Waals surface area contributed by atoms with Gasteiger partial charge in [0.2, 0.25) is 5.91 Å². The number of nitrogens with one attached hydrogen (secondary N) is 1. The molecule has 0 aromatic carbocycles. The van der Waals surface area contributed by atoms with Crippen LogP contribution in [0, 0.1) is 0 Å². The smallest absolute Gasteiger partial charge is 0.305 e. The largest absolute Gasteiger partial charge is 0.466 e. The summed E-state index contributed by atoms with van der Waals surface area (Å²) in [5.41, 5.74) is 0. The number of esters is 1. The van der Waals surface area contributed by atoms with E-state index in [1.165, 1.54) is 167 Å². The summed E-state index contributed by atoms with van der Waals surface area (Å²) < 4.78 is 5.45. The van der Waals surface area contributed by atoms with Gasteiger partial charge < -0.3 is 20.3 Å². The molecule has 0 aliphatic heterocycles. The summed E-state index contributed by atoms with van der Waals surface area (Å²) in [5, 5.41) is 23.1. The highest BCUT2D eigenvalue weighted by Gasteiger charge is 2.20. The van der Waals surface area contributed by atoms with E-state index in [9.17, 15) is 19.8 Å². The Bertz CT molecular complexity index is 732. The van der Waals surface area contributed by atoms with E-state index in [2.05, 4.69) is 19.2 Å². The standard InChI is InChI=1S/C46H91NO5/c1-3-5-7-9-11-13-15-16-20-24-28-32-36-40-46(51)52-41-37-33-29-25-21-18-17-19-23-27-31-35-39-45(50)47-43(42-48)44(49)38-34-30-26-22-14-12-10-8-6-4-2/h43-44,48-49H,3-42H2,1-2H3,(H,47,50). The molecule has 0 bridgehead atoms. The quantitative estimate of drug-likeness (QED) is 0.0428. The number of hydrogen-bond acceptors (Lipinski definition) is 5. The maximum absolute atomic E-state index is 12.4. The molecule has 0 aliphatic carbocycles. The predicted octanol–water partition coefficient (Wildman–Crippen LogP) is 13.2. The molecule has 310 valence electrons. The fourth-order valence-corrected chi connectivity index (χ4v) is 7.29. The summed E-state index contributed by atoms with van der Waals surface area (Å²) in [6.07, 6.45) is 44.8. The van der Waals surface area contributed by atoms with Crippen molar-refractivity contribution in [2.24, 2.45) is 0 Å². The molecule has 0 spiro atoms. The van der Waals surface area contributed by atoms with Crippen molar-refractivity contribution in [2.45, 2.75) is 270 Å². The summed E-state index contributed by atoms with van der Waals surface area (Å²) in [6, 6.07) is -0.549. The van der Waals surface area contributed by atoms with E-state index in [1.54, 1.807) is 0 Å². The first-order valence-electron chi connectivity index (χ1n) is 23.3. The van der Waals surface area contributed by atoms with Crippen LogP contribution >= 0.6 is 0 Å². The first kappa shape index (κ1) is 50.9. The number of rotatable bonds is 43. The first-order chi connectivity index (χ1) is 25.5. The summed E-state index contributed by atoms with van der Waals surface area (Å²) in [5.74, 6) is -0.0594. The molecule has 0 aliphatic rings. The Hall–Kier alpha value is -1.14. The fraction of sp³-hybridized carbons (Fsp3) is 0.957. The van der Waals surface area contributed by atoms with Crippen LogP contribution in [-0.4, -0.2) is 47.4 Å². The molecule has 3 N–H and O–H groups in total. The zero-order valence-electron chi connectivity index (χ0n) is 35.1. The number of aliphatic hydroxyl groups excluding tert-OH is 2.